The van der Waals surface area contributed by atoms with Crippen LogP contribution in [0.2, 0.25) is 0 Å². The van der Waals surface area contributed by atoms with Crippen molar-refractivity contribution in [3.8, 4) is 11.3 Å². The van der Waals surface area contributed by atoms with Crippen LogP contribution in [0.5, 0.6) is 0 Å². The molecule has 5 nitrogen and oxygen atoms in total. The van der Waals surface area contributed by atoms with Gasteiger partial charge in [0, 0.05) is 29.2 Å². The highest BCUT2D eigenvalue weighted by Gasteiger charge is 2.14. The maximum atomic E-state index is 13.2. The first-order chi connectivity index (χ1) is 12.9. The second kappa shape index (κ2) is 8.43. The topological polar surface area (TPSA) is 59.8 Å². The van der Waals surface area contributed by atoms with Gasteiger partial charge in [-0.1, -0.05) is 0 Å². The molecule has 0 bridgehead atoms. The Morgan fingerprint density at radius 1 is 1.22 bits per heavy atom. The van der Waals surface area contributed by atoms with E-state index < -0.39 is 0 Å². The number of carbonyl (C=O) groups excluding carboxylic acids is 1. The van der Waals surface area contributed by atoms with Crippen LogP contribution in [0.25, 0.3) is 11.3 Å². The molecule has 3 aromatic rings. The van der Waals surface area contributed by atoms with Crippen molar-refractivity contribution in [2.24, 2.45) is 0 Å². The molecule has 27 heavy (non-hydrogen) atoms. The lowest BCUT2D eigenvalue weighted by atomic mass is 10.1. The van der Waals surface area contributed by atoms with E-state index in [0.717, 1.165) is 45.5 Å². The summed E-state index contributed by atoms with van der Waals surface area (Å²) >= 11 is 1.50. The van der Waals surface area contributed by atoms with E-state index in [1.807, 2.05) is 31.5 Å². The number of nitrogens with one attached hydrogen (secondary N) is 1. The Labute approximate surface area is 162 Å². The maximum Gasteiger partial charge on any atom is 0.225 e. The lowest BCUT2D eigenvalue weighted by Crippen LogP contribution is -2.26. The SMILES string of the molecule is Cc1cc(C)n(CCCNC(=O)Cc2sc(C)nc2-c2ccc(F)cc2)n1. The molecule has 3 rings (SSSR count). The van der Waals surface area contributed by atoms with E-state index in [1.54, 1.807) is 12.1 Å². The summed E-state index contributed by atoms with van der Waals surface area (Å²) < 4.78 is 15.1. The fraction of sp³-hybridized carbons (Fsp3) is 0.350. The quantitative estimate of drug-likeness (QED) is 0.628. The Hall–Kier alpha value is -2.54. The van der Waals surface area contributed by atoms with Gasteiger partial charge in [-0.25, -0.2) is 9.37 Å². The molecule has 0 spiro atoms. The zero-order chi connectivity index (χ0) is 19.4. The van der Waals surface area contributed by atoms with Crippen molar-refractivity contribution in [3.63, 3.8) is 0 Å². The number of carbonyl (C=O) groups is 1. The van der Waals surface area contributed by atoms with Gasteiger partial charge in [0.1, 0.15) is 5.82 Å². The van der Waals surface area contributed by atoms with Crippen molar-refractivity contribution < 1.29 is 9.18 Å². The van der Waals surface area contributed by atoms with Gasteiger partial charge in [0.15, 0.2) is 0 Å². The largest absolute Gasteiger partial charge is 0.356 e. The van der Waals surface area contributed by atoms with Gasteiger partial charge in [0.25, 0.3) is 0 Å². The summed E-state index contributed by atoms with van der Waals surface area (Å²) in [5.41, 5.74) is 3.72. The number of benzene rings is 1. The van der Waals surface area contributed by atoms with Gasteiger partial charge in [-0.05, 0) is 57.5 Å². The minimum absolute atomic E-state index is 0.0321. The van der Waals surface area contributed by atoms with Crippen molar-refractivity contribution in [2.75, 3.05) is 6.54 Å². The molecule has 2 aromatic heterocycles. The predicted octanol–water partition coefficient (Wildman–Crippen LogP) is 3.82. The molecular formula is C20H23FN4OS. The standard InChI is InChI=1S/C20H23FN4OS/c1-13-11-14(2)25(24-13)10-4-9-22-19(26)12-18-20(23-15(3)27-18)16-5-7-17(21)8-6-16/h5-8,11H,4,9-10,12H2,1-3H3,(H,22,26). The van der Waals surface area contributed by atoms with Crippen LogP contribution in [-0.4, -0.2) is 27.2 Å². The lowest BCUT2D eigenvalue weighted by Gasteiger charge is -2.07. The number of amides is 1. The Morgan fingerprint density at radius 2 is 1.96 bits per heavy atom. The molecule has 0 unspecified atom stereocenters. The molecule has 0 aliphatic rings. The van der Waals surface area contributed by atoms with E-state index in [4.69, 9.17) is 0 Å². The van der Waals surface area contributed by atoms with E-state index in [2.05, 4.69) is 15.4 Å². The van der Waals surface area contributed by atoms with Crippen LogP contribution >= 0.6 is 11.3 Å². The molecule has 0 radical (unpaired) electrons. The first kappa shape index (κ1) is 19.2. The molecule has 0 aliphatic heterocycles. The summed E-state index contributed by atoms with van der Waals surface area (Å²) in [5.74, 6) is -0.317. The summed E-state index contributed by atoms with van der Waals surface area (Å²) in [4.78, 5) is 17.7. The van der Waals surface area contributed by atoms with Crippen LogP contribution in [0.15, 0.2) is 30.3 Å². The molecule has 7 heteroatoms. The third-order valence-corrected chi connectivity index (χ3v) is 5.19. The second-order valence-electron chi connectivity index (χ2n) is 6.54. The zero-order valence-corrected chi connectivity index (χ0v) is 16.6. The minimum atomic E-state index is -0.285. The van der Waals surface area contributed by atoms with Gasteiger partial charge in [-0.15, -0.1) is 11.3 Å². The number of hydrogen-bond donors (Lipinski definition) is 1. The normalized spacial score (nSPS) is 11.0. The smallest absolute Gasteiger partial charge is 0.225 e. The summed E-state index contributed by atoms with van der Waals surface area (Å²) in [5, 5.41) is 8.27. The van der Waals surface area contributed by atoms with Gasteiger partial charge in [0.05, 0.1) is 22.8 Å². The van der Waals surface area contributed by atoms with Gasteiger partial charge < -0.3 is 5.32 Å². The average Bonchev–Trinajstić information content (AvgIpc) is 3.13. The highest BCUT2D eigenvalue weighted by atomic mass is 32.1. The summed E-state index contributed by atoms with van der Waals surface area (Å²) in [6.45, 7) is 7.29. The predicted molar refractivity (Wildman–Crippen MR) is 105 cm³/mol. The number of halogens is 1. The summed E-state index contributed by atoms with van der Waals surface area (Å²) in [6, 6.07) is 8.25. The van der Waals surface area contributed by atoms with E-state index in [9.17, 15) is 9.18 Å². The molecule has 1 amide bonds. The molecule has 0 saturated heterocycles. The van der Waals surface area contributed by atoms with Crippen LogP contribution in [0, 0.1) is 26.6 Å². The van der Waals surface area contributed by atoms with Crippen LogP contribution in [0.1, 0.15) is 27.7 Å². The Balaban J connectivity index is 1.55. The van der Waals surface area contributed by atoms with Crippen molar-refractivity contribution in [3.05, 3.63) is 57.4 Å². The molecule has 2 heterocycles. The number of rotatable bonds is 7. The molecule has 142 valence electrons. The lowest BCUT2D eigenvalue weighted by molar-refractivity contribution is -0.120. The zero-order valence-electron chi connectivity index (χ0n) is 15.8. The number of aromatic nitrogens is 3. The first-order valence-corrected chi connectivity index (χ1v) is 9.74. The monoisotopic (exact) mass is 386 g/mol. The molecule has 0 fully saturated rings. The van der Waals surface area contributed by atoms with Crippen molar-refractivity contribution >= 4 is 17.2 Å². The van der Waals surface area contributed by atoms with Crippen LogP contribution in [0.3, 0.4) is 0 Å². The third-order valence-electron chi connectivity index (χ3n) is 4.22. The molecule has 0 saturated carbocycles. The van der Waals surface area contributed by atoms with Crippen LogP contribution in [0.4, 0.5) is 4.39 Å². The number of aryl methyl sites for hydroxylation is 4. The first-order valence-electron chi connectivity index (χ1n) is 8.92. The molecule has 1 N–H and O–H groups in total. The minimum Gasteiger partial charge on any atom is -0.356 e. The fourth-order valence-corrected chi connectivity index (χ4v) is 3.95. The van der Waals surface area contributed by atoms with Gasteiger partial charge in [-0.2, -0.15) is 5.10 Å². The molecule has 0 aliphatic carbocycles. The van der Waals surface area contributed by atoms with Crippen LogP contribution in [-0.2, 0) is 17.8 Å². The van der Waals surface area contributed by atoms with Gasteiger partial charge in [0.2, 0.25) is 5.91 Å². The van der Waals surface area contributed by atoms with Crippen molar-refractivity contribution in [2.45, 2.75) is 40.2 Å². The maximum absolute atomic E-state index is 13.2. The van der Waals surface area contributed by atoms with E-state index in [1.165, 1.54) is 23.5 Å². The second-order valence-corrected chi connectivity index (χ2v) is 7.83. The highest BCUT2D eigenvalue weighted by Crippen LogP contribution is 2.28. The molecular weight excluding hydrogens is 363 g/mol. The Morgan fingerprint density at radius 3 is 2.63 bits per heavy atom. The Kier molecular flexibility index (Phi) is 6.01. The average molecular weight is 386 g/mol. The van der Waals surface area contributed by atoms with Gasteiger partial charge >= 0.3 is 0 Å². The van der Waals surface area contributed by atoms with Crippen LogP contribution < -0.4 is 5.32 Å². The molecule has 1 aromatic carbocycles. The van der Waals surface area contributed by atoms with Gasteiger partial charge in [-0.3, -0.25) is 9.48 Å². The third kappa shape index (κ3) is 5.01. The van der Waals surface area contributed by atoms with E-state index >= 15 is 0 Å². The Bertz CT molecular complexity index is 930. The fourth-order valence-electron chi connectivity index (χ4n) is 2.99. The van der Waals surface area contributed by atoms with E-state index in [-0.39, 0.29) is 18.1 Å². The summed E-state index contributed by atoms with van der Waals surface area (Å²) in [7, 11) is 0. The van der Waals surface area contributed by atoms with Crippen molar-refractivity contribution in [1.82, 2.24) is 20.1 Å². The van der Waals surface area contributed by atoms with E-state index in [0.29, 0.717) is 6.54 Å². The number of nitrogens with zero attached hydrogens (tertiary/aromatic N) is 3. The molecule has 0 atom stereocenters. The number of thiazole rings is 1. The highest BCUT2D eigenvalue weighted by molar-refractivity contribution is 7.12. The summed E-state index contributed by atoms with van der Waals surface area (Å²) in [6.07, 6.45) is 1.10. The number of hydrogen-bond acceptors (Lipinski definition) is 4. The van der Waals surface area contributed by atoms with Crippen molar-refractivity contribution in [1.29, 1.82) is 0 Å².